The van der Waals surface area contributed by atoms with Gasteiger partial charge in [0, 0.05) is 5.70 Å². The van der Waals surface area contributed by atoms with Crippen LogP contribution in [0.1, 0.15) is 19.4 Å². The van der Waals surface area contributed by atoms with Gasteiger partial charge < -0.3 is 5.32 Å². The standard InChI is InChI=1S/C13H18N2O.HI/c1-11-12(2)15(10-14-11)16-9-8-13-6-4-3-5-7-13;/h3-7,14H,8-10H2,1-2H3;1H. The third-order valence-corrected chi connectivity index (χ3v) is 2.89. The van der Waals surface area contributed by atoms with Crippen molar-refractivity contribution < 1.29 is 4.84 Å². The molecule has 1 aliphatic rings. The number of benzene rings is 1. The molecule has 0 bridgehead atoms. The molecule has 0 saturated carbocycles. The molecule has 0 aromatic heterocycles. The summed E-state index contributed by atoms with van der Waals surface area (Å²) in [6, 6.07) is 10.4. The molecule has 1 aliphatic heterocycles. The molecule has 0 atom stereocenters. The molecule has 0 spiro atoms. The van der Waals surface area contributed by atoms with Crippen molar-refractivity contribution in [3.63, 3.8) is 0 Å². The summed E-state index contributed by atoms with van der Waals surface area (Å²) in [4.78, 5) is 5.70. The van der Waals surface area contributed by atoms with Crippen molar-refractivity contribution in [2.45, 2.75) is 20.3 Å². The molecule has 0 saturated heterocycles. The Morgan fingerprint density at radius 1 is 1.24 bits per heavy atom. The van der Waals surface area contributed by atoms with Crippen LogP contribution in [0.5, 0.6) is 0 Å². The number of rotatable bonds is 4. The summed E-state index contributed by atoms with van der Waals surface area (Å²) in [5.74, 6) is 0. The smallest absolute Gasteiger partial charge is 0.113 e. The maximum Gasteiger partial charge on any atom is 0.113 e. The first-order chi connectivity index (χ1) is 7.77. The summed E-state index contributed by atoms with van der Waals surface area (Å²) in [6.07, 6.45) is 0.948. The van der Waals surface area contributed by atoms with E-state index in [0.717, 1.165) is 19.7 Å². The highest BCUT2D eigenvalue weighted by Crippen LogP contribution is 2.14. The van der Waals surface area contributed by atoms with E-state index in [1.807, 2.05) is 11.1 Å². The molecule has 0 amide bonds. The highest BCUT2D eigenvalue weighted by molar-refractivity contribution is 14.0. The second-order valence-corrected chi connectivity index (χ2v) is 3.99. The lowest BCUT2D eigenvalue weighted by atomic mass is 10.2. The number of nitrogens with zero attached hydrogens (tertiary/aromatic N) is 1. The Balaban J connectivity index is 0.00000144. The molecule has 1 heterocycles. The van der Waals surface area contributed by atoms with Gasteiger partial charge in [0.25, 0.3) is 0 Å². The molecule has 0 aliphatic carbocycles. The van der Waals surface area contributed by atoms with Crippen molar-refractivity contribution in [1.82, 2.24) is 10.4 Å². The van der Waals surface area contributed by atoms with E-state index < -0.39 is 0 Å². The van der Waals surface area contributed by atoms with Gasteiger partial charge in [0.1, 0.15) is 6.67 Å². The summed E-state index contributed by atoms with van der Waals surface area (Å²) < 4.78 is 0. The first-order valence-electron chi connectivity index (χ1n) is 5.63. The second kappa shape index (κ2) is 6.86. The Labute approximate surface area is 120 Å². The molecule has 4 heteroatoms. The van der Waals surface area contributed by atoms with Gasteiger partial charge in [0.05, 0.1) is 12.3 Å². The number of halogens is 1. The van der Waals surface area contributed by atoms with Crippen molar-refractivity contribution in [2.24, 2.45) is 0 Å². The van der Waals surface area contributed by atoms with Gasteiger partial charge in [-0.25, -0.2) is 5.06 Å². The van der Waals surface area contributed by atoms with Gasteiger partial charge in [-0.3, -0.25) is 4.84 Å². The first-order valence-corrected chi connectivity index (χ1v) is 5.63. The lowest BCUT2D eigenvalue weighted by molar-refractivity contribution is -0.125. The molecule has 0 unspecified atom stereocenters. The van der Waals surface area contributed by atoms with Gasteiger partial charge in [-0.05, 0) is 25.8 Å². The third kappa shape index (κ3) is 3.89. The van der Waals surface area contributed by atoms with Gasteiger partial charge in [0.15, 0.2) is 0 Å². The Bertz CT molecular complexity index is 378. The normalized spacial score (nSPS) is 14.6. The molecule has 17 heavy (non-hydrogen) atoms. The number of allylic oxidation sites excluding steroid dienone is 2. The molecule has 2 rings (SSSR count). The molecule has 0 radical (unpaired) electrons. The van der Waals surface area contributed by atoms with E-state index in [0.29, 0.717) is 0 Å². The van der Waals surface area contributed by atoms with Crippen molar-refractivity contribution in [3.05, 3.63) is 47.3 Å². The van der Waals surface area contributed by atoms with Crippen LogP contribution in [0, 0.1) is 0 Å². The van der Waals surface area contributed by atoms with E-state index in [1.54, 1.807) is 0 Å². The summed E-state index contributed by atoms with van der Waals surface area (Å²) in [5.41, 5.74) is 3.68. The molecule has 1 N–H and O–H groups in total. The van der Waals surface area contributed by atoms with E-state index in [1.165, 1.54) is 17.0 Å². The lowest BCUT2D eigenvalue weighted by Crippen LogP contribution is -2.24. The van der Waals surface area contributed by atoms with E-state index in [-0.39, 0.29) is 24.0 Å². The van der Waals surface area contributed by atoms with Crippen LogP contribution in [0.15, 0.2) is 41.7 Å². The Morgan fingerprint density at radius 2 is 1.94 bits per heavy atom. The van der Waals surface area contributed by atoms with E-state index in [2.05, 4.69) is 43.4 Å². The Kier molecular flexibility index (Phi) is 5.77. The van der Waals surface area contributed by atoms with Crippen LogP contribution in [0.4, 0.5) is 0 Å². The van der Waals surface area contributed by atoms with Gasteiger partial charge in [-0.15, -0.1) is 24.0 Å². The van der Waals surface area contributed by atoms with Crippen molar-refractivity contribution in [3.8, 4) is 0 Å². The zero-order valence-electron chi connectivity index (χ0n) is 10.3. The Morgan fingerprint density at radius 3 is 2.53 bits per heavy atom. The van der Waals surface area contributed by atoms with E-state index in [9.17, 15) is 0 Å². The lowest BCUT2D eigenvalue weighted by Gasteiger charge is -2.18. The fraction of sp³-hybridized carbons (Fsp3) is 0.385. The van der Waals surface area contributed by atoms with Crippen LogP contribution in [-0.4, -0.2) is 18.3 Å². The summed E-state index contributed by atoms with van der Waals surface area (Å²) in [7, 11) is 0. The number of hydroxylamine groups is 2. The summed E-state index contributed by atoms with van der Waals surface area (Å²) in [5, 5.41) is 5.16. The van der Waals surface area contributed by atoms with Crippen molar-refractivity contribution >= 4 is 24.0 Å². The molecular formula is C13H19IN2O. The number of hydrogen-bond donors (Lipinski definition) is 1. The predicted octanol–water partition coefficient (Wildman–Crippen LogP) is 2.89. The maximum atomic E-state index is 5.70. The zero-order chi connectivity index (χ0) is 11.4. The number of hydrogen-bond acceptors (Lipinski definition) is 3. The van der Waals surface area contributed by atoms with Gasteiger partial charge in [-0.2, -0.15) is 0 Å². The molecule has 1 aromatic rings. The van der Waals surface area contributed by atoms with Gasteiger partial charge in [-0.1, -0.05) is 30.3 Å². The van der Waals surface area contributed by atoms with Crippen LogP contribution in [0.3, 0.4) is 0 Å². The van der Waals surface area contributed by atoms with Crippen LogP contribution in [0.2, 0.25) is 0 Å². The van der Waals surface area contributed by atoms with Crippen LogP contribution in [-0.2, 0) is 11.3 Å². The van der Waals surface area contributed by atoms with Crippen molar-refractivity contribution in [1.29, 1.82) is 0 Å². The maximum absolute atomic E-state index is 5.70. The monoisotopic (exact) mass is 346 g/mol. The largest absolute Gasteiger partial charge is 0.368 e. The number of nitrogens with one attached hydrogen (secondary N) is 1. The van der Waals surface area contributed by atoms with Crippen LogP contribution < -0.4 is 5.32 Å². The highest BCUT2D eigenvalue weighted by atomic mass is 127. The molecule has 3 nitrogen and oxygen atoms in total. The predicted molar refractivity (Wildman–Crippen MR) is 79.7 cm³/mol. The quantitative estimate of drug-likeness (QED) is 0.849. The highest BCUT2D eigenvalue weighted by Gasteiger charge is 2.15. The average molecular weight is 346 g/mol. The van der Waals surface area contributed by atoms with Crippen LogP contribution in [0.25, 0.3) is 0 Å². The third-order valence-electron chi connectivity index (χ3n) is 2.89. The average Bonchev–Trinajstić information content (AvgIpc) is 2.62. The van der Waals surface area contributed by atoms with Gasteiger partial charge >= 0.3 is 0 Å². The summed E-state index contributed by atoms with van der Waals surface area (Å²) in [6.45, 7) is 5.61. The van der Waals surface area contributed by atoms with Crippen LogP contribution >= 0.6 is 24.0 Å². The topological polar surface area (TPSA) is 24.5 Å². The van der Waals surface area contributed by atoms with Crippen molar-refractivity contribution in [2.75, 3.05) is 13.3 Å². The minimum absolute atomic E-state index is 0. The summed E-state index contributed by atoms with van der Waals surface area (Å²) >= 11 is 0. The molecule has 94 valence electrons. The fourth-order valence-electron chi connectivity index (χ4n) is 1.68. The van der Waals surface area contributed by atoms with E-state index >= 15 is 0 Å². The molecular weight excluding hydrogens is 327 g/mol. The van der Waals surface area contributed by atoms with Gasteiger partial charge in [0.2, 0.25) is 0 Å². The fourth-order valence-corrected chi connectivity index (χ4v) is 1.68. The second-order valence-electron chi connectivity index (χ2n) is 3.99. The first kappa shape index (κ1) is 14.3. The van der Waals surface area contributed by atoms with E-state index in [4.69, 9.17) is 4.84 Å². The molecule has 0 fully saturated rings. The zero-order valence-corrected chi connectivity index (χ0v) is 12.6. The SMILES string of the molecule is CC1=C(C)N(OCCc2ccccc2)CN1.I. The minimum atomic E-state index is 0. The minimum Gasteiger partial charge on any atom is -0.368 e. The molecule has 1 aromatic carbocycles. The Hall–Kier alpha value is -0.750.